The Balaban J connectivity index is 1.84. The highest BCUT2D eigenvalue weighted by atomic mass is 35.5. The molecule has 2 N–H and O–H groups in total. The molecule has 1 heterocycles. The van der Waals surface area contributed by atoms with Gasteiger partial charge in [-0.1, -0.05) is 29.3 Å². The number of hydrogen-bond acceptors (Lipinski definition) is 3. The summed E-state index contributed by atoms with van der Waals surface area (Å²) in [4.78, 5) is 14.3. The Bertz CT molecular complexity index is 427. The van der Waals surface area contributed by atoms with Gasteiger partial charge in [0.25, 0.3) is 5.91 Å². The highest BCUT2D eigenvalue weighted by Crippen LogP contribution is 2.23. The van der Waals surface area contributed by atoms with Crippen molar-refractivity contribution in [2.45, 2.75) is 0 Å². The lowest BCUT2D eigenvalue weighted by atomic mass is 10.2. The zero-order valence-corrected chi connectivity index (χ0v) is 12.1. The van der Waals surface area contributed by atoms with E-state index in [0.29, 0.717) is 22.2 Å². The quantitative estimate of drug-likeness (QED) is 0.888. The molecule has 0 unspecified atom stereocenters. The molecule has 104 valence electrons. The van der Waals surface area contributed by atoms with Crippen LogP contribution in [0.5, 0.6) is 0 Å². The lowest BCUT2D eigenvalue weighted by Crippen LogP contribution is -2.46. The van der Waals surface area contributed by atoms with Gasteiger partial charge in [0.2, 0.25) is 0 Å². The van der Waals surface area contributed by atoms with Crippen molar-refractivity contribution in [3.05, 3.63) is 33.8 Å². The number of nitrogens with zero attached hydrogens (tertiary/aromatic N) is 1. The van der Waals surface area contributed by atoms with Gasteiger partial charge in [-0.15, -0.1) is 0 Å². The monoisotopic (exact) mass is 301 g/mol. The van der Waals surface area contributed by atoms with Crippen LogP contribution in [-0.4, -0.2) is 50.1 Å². The predicted molar refractivity (Wildman–Crippen MR) is 78.1 cm³/mol. The molecule has 1 aliphatic rings. The summed E-state index contributed by atoms with van der Waals surface area (Å²) in [5.41, 5.74) is 0.353. The number of carbonyl (C=O) groups is 1. The first kappa shape index (κ1) is 14.6. The Morgan fingerprint density at radius 3 is 2.53 bits per heavy atom. The maximum atomic E-state index is 12.0. The minimum absolute atomic E-state index is 0.217. The van der Waals surface area contributed by atoms with Gasteiger partial charge in [0.05, 0.1) is 15.6 Å². The van der Waals surface area contributed by atoms with Crippen molar-refractivity contribution in [2.75, 3.05) is 39.3 Å². The van der Waals surface area contributed by atoms with Crippen molar-refractivity contribution in [1.82, 2.24) is 15.5 Å². The molecule has 4 nitrogen and oxygen atoms in total. The Morgan fingerprint density at radius 1 is 1.26 bits per heavy atom. The van der Waals surface area contributed by atoms with E-state index in [2.05, 4.69) is 15.5 Å². The van der Waals surface area contributed by atoms with E-state index in [-0.39, 0.29) is 5.91 Å². The third-order valence-electron chi connectivity index (χ3n) is 3.11. The van der Waals surface area contributed by atoms with Crippen molar-refractivity contribution in [1.29, 1.82) is 0 Å². The Kier molecular flexibility index (Phi) is 5.45. The molecule has 19 heavy (non-hydrogen) atoms. The minimum atomic E-state index is -0.217. The van der Waals surface area contributed by atoms with Crippen molar-refractivity contribution >= 4 is 29.1 Å². The maximum absolute atomic E-state index is 12.0. The van der Waals surface area contributed by atoms with Crippen molar-refractivity contribution in [2.24, 2.45) is 0 Å². The Morgan fingerprint density at radius 2 is 1.89 bits per heavy atom. The van der Waals surface area contributed by atoms with Crippen LogP contribution in [0.4, 0.5) is 0 Å². The van der Waals surface area contributed by atoms with Crippen molar-refractivity contribution < 1.29 is 4.79 Å². The smallest absolute Gasteiger partial charge is 0.254 e. The van der Waals surface area contributed by atoms with Crippen molar-refractivity contribution in [3.63, 3.8) is 0 Å². The van der Waals surface area contributed by atoms with E-state index >= 15 is 0 Å². The molecule has 1 saturated heterocycles. The van der Waals surface area contributed by atoms with E-state index in [9.17, 15) is 4.79 Å². The molecule has 0 bridgehead atoms. The fraction of sp³-hybridized carbons (Fsp3) is 0.462. The van der Waals surface area contributed by atoms with Crippen LogP contribution in [-0.2, 0) is 0 Å². The van der Waals surface area contributed by atoms with Gasteiger partial charge >= 0.3 is 0 Å². The van der Waals surface area contributed by atoms with Gasteiger partial charge in [-0.3, -0.25) is 9.69 Å². The summed E-state index contributed by atoms with van der Waals surface area (Å²) < 4.78 is 0. The first-order valence-corrected chi connectivity index (χ1v) is 7.09. The number of piperazine rings is 1. The standard InChI is InChI=1S/C13H17Cl2N3O/c14-10-2-1-3-11(15)12(10)13(19)17-6-9-18-7-4-16-5-8-18/h1-3,16H,4-9H2,(H,17,19). The molecule has 1 fully saturated rings. The topological polar surface area (TPSA) is 44.4 Å². The van der Waals surface area contributed by atoms with E-state index in [1.54, 1.807) is 18.2 Å². The van der Waals surface area contributed by atoms with Gasteiger partial charge in [0.1, 0.15) is 0 Å². The Labute approximate surface area is 123 Å². The van der Waals surface area contributed by atoms with Crippen molar-refractivity contribution in [3.8, 4) is 0 Å². The molecule has 0 aliphatic carbocycles. The van der Waals surface area contributed by atoms with E-state index in [1.165, 1.54) is 0 Å². The summed E-state index contributed by atoms with van der Waals surface area (Å²) in [6.45, 7) is 5.48. The summed E-state index contributed by atoms with van der Waals surface area (Å²) in [7, 11) is 0. The van der Waals surface area contributed by atoms with Crippen LogP contribution in [0.25, 0.3) is 0 Å². The molecule has 0 radical (unpaired) electrons. The van der Waals surface area contributed by atoms with Crippen LogP contribution in [0.1, 0.15) is 10.4 Å². The zero-order valence-electron chi connectivity index (χ0n) is 10.6. The van der Waals surface area contributed by atoms with Gasteiger partial charge in [-0.05, 0) is 12.1 Å². The fourth-order valence-corrected chi connectivity index (χ4v) is 2.63. The number of hydrogen-bond donors (Lipinski definition) is 2. The molecular formula is C13H17Cl2N3O. The summed E-state index contributed by atoms with van der Waals surface area (Å²) in [6, 6.07) is 5.06. The first-order valence-electron chi connectivity index (χ1n) is 6.34. The molecule has 2 rings (SSSR count). The van der Waals surface area contributed by atoms with Crippen LogP contribution in [0.15, 0.2) is 18.2 Å². The van der Waals surface area contributed by atoms with Crippen LogP contribution in [0.3, 0.4) is 0 Å². The molecule has 0 aromatic heterocycles. The summed E-state index contributed by atoms with van der Waals surface area (Å²) in [6.07, 6.45) is 0. The SMILES string of the molecule is O=C(NCCN1CCNCC1)c1c(Cl)cccc1Cl. The average molecular weight is 302 g/mol. The number of amides is 1. The van der Waals surface area contributed by atoms with Gasteiger partial charge in [0, 0.05) is 39.3 Å². The number of carbonyl (C=O) groups excluding carboxylic acids is 1. The van der Waals surface area contributed by atoms with Crippen LogP contribution >= 0.6 is 23.2 Å². The molecular weight excluding hydrogens is 285 g/mol. The molecule has 1 aliphatic heterocycles. The lowest BCUT2D eigenvalue weighted by molar-refractivity contribution is 0.0947. The molecule has 0 atom stereocenters. The number of rotatable bonds is 4. The first-order chi connectivity index (χ1) is 9.18. The Hall–Kier alpha value is -0.810. The summed E-state index contributed by atoms with van der Waals surface area (Å²) in [5, 5.41) is 6.91. The van der Waals surface area contributed by atoms with E-state index in [0.717, 1.165) is 32.7 Å². The van der Waals surface area contributed by atoms with Gasteiger partial charge in [0.15, 0.2) is 0 Å². The van der Waals surface area contributed by atoms with Gasteiger partial charge < -0.3 is 10.6 Å². The van der Waals surface area contributed by atoms with Crippen LogP contribution in [0, 0.1) is 0 Å². The molecule has 1 aromatic carbocycles. The maximum Gasteiger partial charge on any atom is 0.254 e. The fourth-order valence-electron chi connectivity index (χ4n) is 2.07. The van der Waals surface area contributed by atoms with E-state index in [1.807, 2.05) is 0 Å². The average Bonchev–Trinajstić information content (AvgIpc) is 2.40. The molecule has 6 heteroatoms. The second kappa shape index (κ2) is 7.10. The van der Waals surface area contributed by atoms with Gasteiger partial charge in [-0.2, -0.15) is 0 Å². The third kappa shape index (κ3) is 4.08. The second-order valence-electron chi connectivity index (χ2n) is 4.44. The number of benzene rings is 1. The van der Waals surface area contributed by atoms with E-state index < -0.39 is 0 Å². The molecule has 0 spiro atoms. The number of halogens is 2. The largest absolute Gasteiger partial charge is 0.351 e. The van der Waals surface area contributed by atoms with Crippen LogP contribution in [0.2, 0.25) is 10.0 Å². The lowest BCUT2D eigenvalue weighted by Gasteiger charge is -2.27. The molecule has 0 saturated carbocycles. The predicted octanol–water partition coefficient (Wildman–Crippen LogP) is 1.63. The minimum Gasteiger partial charge on any atom is -0.351 e. The van der Waals surface area contributed by atoms with E-state index in [4.69, 9.17) is 23.2 Å². The highest BCUT2D eigenvalue weighted by molar-refractivity contribution is 6.39. The number of nitrogens with one attached hydrogen (secondary N) is 2. The van der Waals surface area contributed by atoms with Crippen LogP contribution < -0.4 is 10.6 Å². The van der Waals surface area contributed by atoms with Gasteiger partial charge in [-0.25, -0.2) is 0 Å². The highest BCUT2D eigenvalue weighted by Gasteiger charge is 2.15. The molecule has 1 amide bonds. The zero-order chi connectivity index (χ0) is 13.7. The summed E-state index contributed by atoms with van der Waals surface area (Å²) in [5.74, 6) is -0.217. The normalized spacial score (nSPS) is 16.3. The molecule has 1 aromatic rings. The third-order valence-corrected chi connectivity index (χ3v) is 3.74. The summed E-state index contributed by atoms with van der Waals surface area (Å²) >= 11 is 12.0. The second-order valence-corrected chi connectivity index (χ2v) is 5.26.